The highest BCUT2D eigenvalue weighted by atomic mass is 16.2. The lowest BCUT2D eigenvalue weighted by Crippen LogP contribution is -2.60. The van der Waals surface area contributed by atoms with Gasteiger partial charge in [0.15, 0.2) is 0 Å². The molecular formula is C19H27N3O3. The van der Waals surface area contributed by atoms with Crippen LogP contribution in [-0.2, 0) is 20.8 Å². The number of amides is 3. The third kappa shape index (κ3) is 5.59. The van der Waals surface area contributed by atoms with E-state index in [-0.39, 0.29) is 18.0 Å². The molecule has 0 radical (unpaired) electrons. The quantitative estimate of drug-likeness (QED) is 0.727. The first-order chi connectivity index (χ1) is 11.9. The number of carbonyl (C=O) groups is 3. The summed E-state index contributed by atoms with van der Waals surface area (Å²) in [5.74, 6) is -0.754. The van der Waals surface area contributed by atoms with Crippen LogP contribution in [0.2, 0.25) is 0 Å². The number of nitrogens with zero attached hydrogens (tertiary/aromatic N) is 1. The SMILES string of the molecule is CC(C)C[C@H]1CNC(=O)C(=O)N1C[C@H](C)NC(=O)Cc1ccccc1. The lowest BCUT2D eigenvalue weighted by Gasteiger charge is -2.37. The second kappa shape index (κ2) is 8.65. The number of piperazine rings is 1. The minimum atomic E-state index is -0.567. The van der Waals surface area contributed by atoms with Crippen LogP contribution in [0.4, 0.5) is 0 Å². The topological polar surface area (TPSA) is 78.5 Å². The van der Waals surface area contributed by atoms with Crippen molar-refractivity contribution < 1.29 is 14.4 Å². The van der Waals surface area contributed by atoms with Crippen molar-refractivity contribution in [2.24, 2.45) is 5.92 Å². The second-order valence-corrected chi connectivity index (χ2v) is 7.08. The van der Waals surface area contributed by atoms with Gasteiger partial charge in [-0.25, -0.2) is 0 Å². The van der Waals surface area contributed by atoms with Crippen LogP contribution in [0.25, 0.3) is 0 Å². The van der Waals surface area contributed by atoms with Gasteiger partial charge in [-0.3, -0.25) is 14.4 Å². The van der Waals surface area contributed by atoms with E-state index in [4.69, 9.17) is 0 Å². The van der Waals surface area contributed by atoms with Crippen LogP contribution in [0, 0.1) is 5.92 Å². The lowest BCUT2D eigenvalue weighted by atomic mass is 10.00. The Labute approximate surface area is 149 Å². The maximum absolute atomic E-state index is 12.2. The zero-order valence-corrected chi connectivity index (χ0v) is 15.1. The average molecular weight is 345 g/mol. The molecule has 3 amide bonds. The van der Waals surface area contributed by atoms with Gasteiger partial charge in [-0.15, -0.1) is 0 Å². The molecule has 6 nitrogen and oxygen atoms in total. The summed E-state index contributed by atoms with van der Waals surface area (Å²) >= 11 is 0. The van der Waals surface area contributed by atoms with Gasteiger partial charge in [0.05, 0.1) is 6.42 Å². The summed E-state index contributed by atoms with van der Waals surface area (Å²) in [6.07, 6.45) is 1.12. The molecule has 2 N–H and O–H groups in total. The van der Waals surface area contributed by atoms with Crippen molar-refractivity contribution >= 4 is 17.7 Å². The summed E-state index contributed by atoms with van der Waals surface area (Å²) in [5, 5.41) is 5.57. The Morgan fingerprint density at radius 1 is 1.24 bits per heavy atom. The first-order valence-electron chi connectivity index (χ1n) is 8.79. The van der Waals surface area contributed by atoms with Gasteiger partial charge in [0, 0.05) is 25.2 Å². The molecule has 1 aliphatic heterocycles. The van der Waals surface area contributed by atoms with E-state index in [1.165, 1.54) is 0 Å². The highest BCUT2D eigenvalue weighted by molar-refractivity contribution is 6.35. The van der Waals surface area contributed by atoms with E-state index in [2.05, 4.69) is 24.5 Å². The minimum absolute atomic E-state index is 0.0290. The largest absolute Gasteiger partial charge is 0.352 e. The molecule has 2 atom stereocenters. The number of hydrogen-bond donors (Lipinski definition) is 2. The summed E-state index contributed by atoms with van der Waals surface area (Å²) in [7, 11) is 0. The molecule has 0 bridgehead atoms. The third-order valence-corrected chi connectivity index (χ3v) is 4.22. The number of carbonyl (C=O) groups excluding carboxylic acids is 3. The van der Waals surface area contributed by atoms with Crippen molar-refractivity contribution in [2.45, 2.75) is 45.7 Å². The van der Waals surface area contributed by atoms with Gasteiger partial charge in [-0.05, 0) is 24.8 Å². The molecule has 1 fully saturated rings. The van der Waals surface area contributed by atoms with E-state index in [1.54, 1.807) is 4.90 Å². The van der Waals surface area contributed by atoms with Crippen molar-refractivity contribution in [2.75, 3.05) is 13.1 Å². The molecule has 0 aromatic heterocycles. The summed E-state index contributed by atoms with van der Waals surface area (Å²) in [4.78, 5) is 37.7. The normalized spacial score (nSPS) is 18.9. The van der Waals surface area contributed by atoms with Crippen LogP contribution in [-0.4, -0.2) is 47.8 Å². The predicted molar refractivity (Wildman–Crippen MR) is 95.7 cm³/mol. The molecule has 25 heavy (non-hydrogen) atoms. The van der Waals surface area contributed by atoms with E-state index >= 15 is 0 Å². The van der Waals surface area contributed by atoms with Crippen LogP contribution in [0.15, 0.2) is 30.3 Å². The fraction of sp³-hybridized carbons (Fsp3) is 0.526. The fourth-order valence-corrected chi connectivity index (χ4v) is 3.13. The van der Waals surface area contributed by atoms with Gasteiger partial charge in [0.1, 0.15) is 0 Å². The molecule has 0 spiro atoms. The molecule has 1 aromatic carbocycles. The monoisotopic (exact) mass is 345 g/mol. The predicted octanol–water partition coefficient (Wildman–Crippen LogP) is 1.11. The first kappa shape index (κ1) is 19.0. The average Bonchev–Trinajstić information content (AvgIpc) is 2.55. The standard InChI is InChI=1S/C19H27N3O3/c1-13(2)9-16-11-20-18(24)19(25)22(16)12-14(3)21-17(23)10-15-7-5-4-6-8-15/h4-8,13-14,16H,9-12H2,1-3H3,(H,20,24)(H,21,23)/t14-,16-/m0/s1. The van der Waals surface area contributed by atoms with Gasteiger partial charge in [0.2, 0.25) is 5.91 Å². The highest BCUT2D eigenvalue weighted by Gasteiger charge is 2.34. The molecule has 0 aliphatic carbocycles. The Morgan fingerprint density at radius 3 is 2.56 bits per heavy atom. The Morgan fingerprint density at radius 2 is 1.92 bits per heavy atom. The van der Waals surface area contributed by atoms with E-state index < -0.39 is 11.8 Å². The van der Waals surface area contributed by atoms with Crippen LogP contribution in [0.3, 0.4) is 0 Å². The Kier molecular flexibility index (Phi) is 6.56. The van der Waals surface area contributed by atoms with Gasteiger partial charge in [-0.1, -0.05) is 44.2 Å². The van der Waals surface area contributed by atoms with E-state index in [0.717, 1.165) is 12.0 Å². The zero-order valence-electron chi connectivity index (χ0n) is 15.1. The molecule has 1 aliphatic rings. The molecule has 2 rings (SSSR count). The van der Waals surface area contributed by atoms with E-state index in [1.807, 2.05) is 37.3 Å². The fourth-order valence-electron chi connectivity index (χ4n) is 3.13. The van der Waals surface area contributed by atoms with Crippen molar-refractivity contribution in [1.82, 2.24) is 15.5 Å². The molecule has 1 aromatic rings. The van der Waals surface area contributed by atoms with Crippen molar-refractivity contribution in [3.63, 3.8) is 0 Å². The molecule has 0 saturated carbocycles. The van der Waals surface area contributed by atoms with Gasteiger partial charge in [0.25, 0.3) is 0 Å². The van der Waals surface area contributed by atoms with E-state index in [0.29, 0.717) is 25.4 Å². The second-order valence-electron chi connectivity index (χ2n) is 7.08. The number of benzene rings is 1. The van der Waals surface area contributed by atoms with Gasteiger partial charge >= 0.3 is 11.8 Å². The van der Waals surface area contributed by atoms with Gasteiger partial charge < -0.3 is 15.5 Å². The van der Waals surface area contributed by atoms with E-state index in [9.17, 15) is 14.4 Å². The van der Waals surface area contributed by atoms with Crippen LogP contribution < -0.4 is 10.6 Å². The highest BCUT2D eigenvalue weighted by Crippen LogP contribution is 2.15. The molecule has 1 saturated heterocycles. The van der Waals surface area contributed by atoms with Crippen LogP contribution >= 0.6 is 0 Å². The Bertz CT molecular complexity index is 616. The van der Waals surface area contributed by atoms with Crippen molar-refractivity contribution in [3.8, 4) is 0 Å². The van der Waals surface area contributed by atoms with Crippen LogP contribution in [0.1, 0.15) is 32.8 Å². The molecular weight excluding hydrogens is 318 g/mol. The Hall–Kier alpha value is -2.37. The third-order valence-electron chi connectivity index (χ3n) is 4.22. The summed E-state index contributed by atoms with van der Waals surface area (Å²) in [6, 6.07) is 9.26. The first-order valence-corrected chi connectivity index (χ1v) is 8.79. The maximum Gasteiger partial charge on any atom is 0.312 e. The maximum atomic E-state index is 12.2. The smallest absolute Gasteiger partial charge is 0.312 e. The Balaban J connectivity index is 1.93. The number of hydrogen-bond acceptors (Lipinski definition) is 3. The summed E-state index contributed by atoms with van der Waals surface area (Å²) in [5.41, 5.74) is 0.943. The minimum Gasteiger partial charge on any atom is -0.352 e. The molecule has 136 valence electrons. The lowest BCUT2D eigenvalue weighted by molar-refractivity contribution is -0.151. The number of nitrogens with one attached hydrogen (secondary N) is 2. The molecule has 1 heterocycles. The van der Waals surface area contributed by atoms with Crippen LogP contribution in [0.5, 0.6) is 0 Å². The number of rotatable bonds is 7. The summed E-state index contributed by atoms with van der Waals surface area (Å²) in [6.45, 7) is 6.83. The molecule has 6 heteroatoms. The zero-order chi connectivity index (χ0) is 18.4. The van der Waals surface area contributed by atoms with Crippen molar-refractivity contribution in [3.05, 3.63) is 35.9 Å². The van der Waals surface area contributed by atoms with Crippen molar-refractivity contribution in [1.29, 1.82) is 0 Å². The van der Waals surface area contributed by atoms with Gasteiger partial charge in [-0.2, -0.15) is 0 Å². The summed E-state index contributed by atoms with van der Waals surface area (Å²) < 4.78 is 0. The molecule has 0 unspecified atom stereocenters.